The molecule has 0 bridgehead atoms. The maximum absolute atomic E-state index is 13.0. The van der Waals surface area contributed by atoms with Gasteiger partial charge in [0.05, 0.1) is 0 Å². The molecule has 146 valence electrons. The molecule has 1 aromatic heterocycles. The van der Waals surface area contributed by atoms with E-state index in [2.05, 4.69) is 15.5 Å². The minimum Gasteiger partial charge on any atom is -0.327 e. The Bertz CT molecular complexity index is 921. The average Bonchev–Trinajstić information content (AvgIpc) is 3.39. The lowest BCUT2D eigenvalue weighted by Gasteiger charge is -2.35. The molecule has 7 heteroatoms. The van der Waals surface area contributed by atoms with Crippen LogP contribution in [0, 0.1) is 6.92 Å². The van der Waals surface area contributed by atoms with Crippen LogP contribution in [-0.2, 0) is 9.59 Å². The summed E-state index contributed by atoms with van der Waals surface area (Å²) in [6.07, 6.45) is 7.47. The third kappa shape index (κ3) is 3.99. The summed E-state index contributed by atoms with van der Waals surface area (Å²) >= 11 is 1.52. The number of hydrogen-bond acceptors (Lipinski definition) is 5. The van der Waals surface area contributed by atoms with E-state index in [4.69, 9.17) is 0 Å². The Morgan fingerprint density at radius 3 is 2.86 bits per heavy atom. The van der Waals surface area contributed by atoms with Gasteiger partial charge in [-0.3, -0.25) is 9.59 Å². The highest BCUT2D eigenvalue weighted by Crippen LogP contribution is 2.28. The van der Waals surface area contributed by atoms with Gasteiger partial charge in [-0.25, -0.2) is 0 Å². The van der Waals surface area contributed by atoms with Crippen LogP contribution in [0.4, 0.5) is 5.69 Å². The van der Waals surface area contributed by atoms with Crippen LogP contribution >= 0.6 is 11.3 Å². The summed E-state index contributed by atoms with van der Waals surface area (Å²) < 4.78 is 0. The van der Waals surface area contributed by atoms with E-state index in [1.165, 1.54) is 11.3 Å². The molecule has 4 rings (SSSR count). The highest BCUT2D eigenvalue weighted by atomic mass is 32.1. The first-order valence-electron chi connectivity index (χ1n) is 9.83. The zero-order valence-corrected chi connectivity index (χ0v) is 16.8. The molecule has 0 radical (unpaired) electrons. The summed E-state index contributed by atoms with van der Waals surface area (Å²) in [5.74, 6) is -0.0762. The molecule has 6 nitrogen and oxygen atoms in total. The van der Waals surface area contributed by atoms with Gasteiger partial charge >= 0.3 is 0 Å². The minimum atomic E-state index is -0.407. The average molecular weight is 397 g/mol. The zero-order valence-electron chi connectivity index (χ0n) is 16.0. The van der Waals surface area contributed by atoms with Crippen LogP contribution in [0.15, 0.2) is 35.9 Å². The summed E-state index contributed by atoms with van der Waals surface area (Å²) in [5.41, 5.74) is 2.51. The number of allylic oxidation sites excluding steroid dienone is 1. The van der Waals surface area contributed by atoms with E-state index in [1.807, 2.05) is 37.3 Å². The first kappa shape index (κ1) is 18.8. The fourth-order valence-electron chi connectivity index (χ4n) is 3.87. The number of carbonyl (C=O) groups excluding carboxylic acids is 2. The van der Waals surface area contributed by atoms with Gasteiger partial charge in [0, 0.05) is 23.4 Å². The molecule has 1 fully saturated rings. The molecular weight excluding hydrogens is 372 g/mol. The number of likely N-dealkylation sites (tertiary alicyclic amines) is 1. The predicted molar refractivity (Wildman–Crippen MR) is 110 cm³/mol. The topological polar surface area (TPSA) is 75.2 Å². The van der Waals surface area contributed by atoms with Crippen LogP contribution in [0.5, 0.6) is 0 Å². The molecule has 1 N–H and O–H groups in total. The lowest BCUT2D eigenvalue weighted by atomic mass is 9.99. The Morgan fingerprint density at radius 1 is 1.21 bits per heavy atom. The number of aromatic nitrogens is 2. The van der Waals surface area contributed by atoms with E-state index < -0.39 is 6.04 Å². The van der Waals surface area contributed by atoms with E-state index >= 15 is 0 Å². The molecule has 0 saturated carbocycles. The maximum atomic E-state index is 13.0. The minimum absolute atomic E-state index is 0.0374. The van der Waals surface area contributed by atoms with Crippen LogP contribution in [0.3, 0.4) is 0 Å². The van der Waals surface area contributed by atoms with Crippen molar-refractivity contribution in [2.24, 2.45) is 0 Å². The normalized spacial score (nSPS) is 19.4. The van der Waals surface area contributed by atoms with Crippen molar-refractivity contribution in [1.29, 1.82) is 0 Å². The van der Waals surface area contributed by atoms with Crippen molar-refractivity contribution in [3.63, 3.8) is 0 Å². The highest BCUT2D eigenvalue weighted by molar-refractivity contribution is 7.14. The van der Waals surface area contributed by atoms with Crippen LogP contribution in [-0.4, -0.2) is 39.5 Å². The number of amides is 2. The van der Waals surface area contributed by atoms with Crippen molar-refractivity contribution in [3.05, 3.63) is 40.9 Å². The molecule has 0 unspecified atom stereocenters. The van der Waals surface area contributed by atoms with E-state index in [0.29, 0.717) is 18.7 Å². The lowest BCUT2D eigenvalue weighted by Crippen LogP contribution is -2.50. The van der Waals surface area contributed by atoms with E-state index in [-0.39, 0.29) is 11.8 Å². The van der Waals surface area contributed by atoms with E-state index in [1.54, 1.807) is 4.90 Å². The Labute approximate surface area is 168 Å². The van der Waals surface area contributed by atoms with E-state index in [9.17, 15) is 9.59 Å². The van der Waals surface area contributed by atoms with Crippen LogP contribution in [0.2, 0.25) is 0 Å². The third-order valence-corrected chi connectivity index (χ3v) is 6.17. The van der Waals surface area contributed by atoms with Crippen LogP contribution in [0.1, 0.15) is 43.5 Å². The fourth-order valence-corrected chi connectivity index (χ4v) is 4.55. The van der Waals surface area contributed by atoms with Gasteiger partial charge in [0.2, 0.25) is 11.8 Å². The number of nitrogens with one attached hydrogen (secondary N) is 1. The van der Waals surface area contributed by atoms with Crippen molar-refractivity contribution in [2.45, 2.75) is 51.5 Å². The van der Waals surface area contributed by atoms with Gasteiger partial charge in [-0.2, -0.15) is 0 Å². The van der Waals surface area contributed by atoms with Gasteiger partial charge in [-0.15, -0.1) is 10.2 Å². The molecule has 1 aliphatic heterocycles. The quantitative estimate of drug-likeness (QED) is 0.849. The number of piperidine rings is 1. The summed E-state index contributed by atoms with van der Waals surface area (Å²) in [6.45, 7) is 2.57. The molecular formula is C21H24N4O2S. The molecule has 2 aromatic rings. The second-order valence-corrected chi connectivity index (χ2v) is 8.51. The summed E-state index contributed by atoms with van der Waals surface area (Å²) in [5, 5.41) is 13.0. The molecule has 1 atom stereocenters. The number of rotatable bonds is 4. The number of aryl methyl sites for hydroxylation is 1. The van der Waals surface area contributed by atoms with Crippen LogP contribution in [0.25, 0.3) is 10.6 Å². The van der Waals surface area contributed by atoms with Crippen molar-refractivity contribution in [1.82, 2.24) is 15.1 Å². The zero-order chi connectivity index (χ0) is 19.5. The summed E-state index contributed by atoms with van der Waals surface area (Å²) in [6, 6.07) is 7.22. The molecule has 0 spiro atoms. The summed E-state index contributed by atoms with van der Waals surface area (Å²) in [7, 11) is 0. The number of anilines is 1. The molecule has 28 heavy (non-hydrogen) atoms. The van der Waals surface area contributed by atoms with Gasteiger partial charge in [0.1, 0.15) is 16.1 Å². The van der Waals surface area contributed by atoms with Gasteiger partial charge in [-0.1, -0.05) is 29.5 Å². The van der Waals surface area contributed by atoms with Gasteiger partial charge < -0.3 is 10.2 Å². The molecule has 2 amide bonds. The standard InChI is InChI=1S/C21H24N4O2S/c1-14-23-24-20(28-14)16-9-6-10-17(13-16)22-19(26)18-11-4-5-12-25(18)21(27)15-7-2-3-8-15/h6-7,9-10,13,18H,2-5,8,11-12H2,1H3,(H,22,26)/t18-/m1/s1. The Hall–Kier alpha value is -2.54. The molecule has 2 heterocycles. The van der Waals surface area contributed by atoms with Crippen molar-refractivity contribution in [2.75, 3.05) is 11.9 Å². The Kier molecular flexibility index (Phi) is 5.52. The van der Waals surface area contributed by atoms with Gasteiger partial charge in [0.25, 0.3) is 0 Å². The second kappa shape index (κ2) is 8.22. The highest BCUT2D eigenvalue weighted by Gasteiger charge is 2.33. The molecule has 1 aliphatic carbocycles. The van der Waals surface area contributed by atoms with Crippen LogP contribution < -0.4 is 5.32 Å². The molecule has 1 saturated heterocycles. The van der Waals surface area contributed by atoms with Crippen molar-refractivity contribution in [3.8, 4) is 10.6 Å². The number of benzene rings is 1. The summed E-state index contributed by atoms with van der Waals surface area (Å²) in [4.78, 5) is 27.6. The largest absolute Gasteiger partial charge is 0.327 e. The predicted octanol–water partition coefficient (Wildman–Crippen LogP) is 3.94. The first-order valence-corrected chi connectivity index (χ1v) is 10.6. The monoisotopic (exact) mass is 396 g/mol. The van der Waals surface area contributed by atoms with Gasteiger partial charge in [-0.05, 0) is 57.6 Å². The second-order valence-electron chi connectivity index (χ2n) is 7.33. The lowest BCUT2D eigenvalue weighted by molar-refractivity contribution is -0.137. The number of nitrogens with zero attached hydrogens (tertiary/aromatic N) is 3. The SMILES string of the molecule is Cc1nnc(-c2cccc(NC(=O)[C@H]3CCCCN3C(=O)C3=CCCC3)c2)s1. The fraction of sp³-hybridized carbons (Fsp3) is 0.429. The number of hydrogen-bond donors (Lipinski definition) is 1. The molecule has 1 aromatic carbocycles. The number of carbonyl (C=O) groups is 2. The van der Waals surface area contributed by atoms with E-state index in [0.717, 1.165) is 53.3 Å². The maximum Gasteiger partial charge on any atom is 0.250 e. The van der Waals surface area contributed by atoms with Gasteiger partial charge in [0.15, 0.2) is 0 Å². The first-order chi connectivity index (χ1) is 13.6. The third-order valence-electron chi connectivity index (χ3n) is 5.29. The Morgan fingerprint density at radius 2 is 2.11 bits per heavy atom. The Balaban J connectivity index is 1.49. The van der Waals surface area contributed by atoms with Crippen molar-refractivity contribution >= 4 is 28.8 Å². The molecule has 2 aliphatic rings. The van der Waals surface area contributed by atoms with Crippen molar-refractivity contribution < 1.29 is 9.59 Å². The smallest absolute Gasteiger partial charge is 0.250 e.